The molecule has 3 aliphatic rings. The van der Waals surface area contributed by atoms with Crippen LogP contribution in [0, 0.1) is 6.92 Å². The predicted molar refractivity (Wildman–Crippen MR) is 161 cm³/mol. The van der Waals surface area contributed by atoms with Gasteiger partial charge in [0.15, 0.2) is 0 Å². The molecule has 6 heteroatoms. The van der Waals surface area contributed by atoms with Crippen LogP contribution in [0.1, 0.15) is 82.8 Å². The molecule has 0 saturated heterocycles. The highest BCUT2D eigenvalue weighted by atomic mass is 16.2. The van der Waals surface area contributed by atoms with Crippen molar-refractivity contribution < 1.29 is 9.59 Å². The van der Waals surface area contributed by atoms with E-state index in [1.807, 2.05) is 19.9 Å². The molecule has 6 nitrogen and oxygen atoms in total. The maximum absolute atomic E-state index is 12.3. The van der Waals surface area contributed by atoms with E-state index in [1.54, 1.807) is 12.2 Å². The Labute approximate surface area is 232 Å². The van der Waals surface area contributed by atoms with Gasteiger partial charge in [0.2, 0.25) is 5.91 Å². The zero-order chi connectivity index (χ0) is 28.4. The minimum absolute atomic E-state index is 0.0167. The number of carbonyl (C=O) groups is 2. The number of amides is 2. The molecule has 2 atom stereocenters. The molecule has 0 saturated carbocycles. The number of aliphatic imine (C=N–C) groups is 1. The molecule has 0 aliphatic carbocycles. The van der Waals surface area contributed by atoms with Crippen LogP contribution in [0.15, 0.2) is 69.4 Å². The van der Waals surface area contributed by atoms with Gasteiger partial charge in [0.05, 0.1) is 12.1 Å². The Balaban J connectivity index is 1.66. The lowest BCUT2D eigenvalue weighted by Crippen LogP contribution is -2.30. The van der Waals surface area contributed by atoms with Crippen molar-refractivity contribution in [1.82, 2.24) is 15.6 Å². The lowest BCUT2D eigenvalue weighted by molar-refractivity contribution is -0.117. The average molecular weight is 527 g/mol. The van der Waals surface area contributed by atoms with Gasteiger partial charge in [0.1, 0.15) is 0 Å². The van der Waals surface area contributed by atoms with Crippen molar-refractivity contribution in [3.05, 3.63) is 87.0 Å². The summed E-state index contributed by atoms with van der Waals surface area (Å²) in [6.45, 7) is 20.3. The van der Waals surface area contributed by atoms with Gasteiger partial charge < -0.3 is 15.6 Å². The molecule has 0 spiro atoms. The quantitative estimate of drug-likeness (QED) is 0.324. The summed E-state index contributed by atoms with van der Waals surface area (Å²) in [6.07, 6.45) is 11.0. The maximum Gasteiger partial charge on any atom is 0.255 e. The molecule has 39 heavy (non-hydrogen) atoms. The molecule has 2 unspecified atom stereocenters. The molecule has 3 N–H and O–H groups in total. The largest absolute Gasteiger partial charge is 0.358 e. The highest BCUT2D eigenvalue weighted by Gasteiger charge is 2.32. The maximum atomic E-state index is 12.3. The number of rotatable bonds is 11. The summed E-state index contributed by atoms with van der Waals surface area (Å²) in [5.41, 5.74) is 12.6. The van der Waals surface area contributed by atoms with E-state index in [-0.39, 0.29) is 23.9 Å². The number of hydrogen-bond acceptors (Lipinski definition) is 3. The first-order chi connectivity index (χ1) is 18.6. The van der Waals surface area contributed by atoms with Crippen LogP contribution in [0.25, 0.3) is 6.08 Å². The predicted octanol–water partition coefficient (Wildman–Crippen LogP) is 6.12. The van der Waals surface area contributed by atoms with Crippen molar-refractivity contribution in [3.8, 4) is 0 Å². The van der Waals surface area contributed by atoms with Gasteiger partial charge in [-0.25, -0.2) is 0 Å². The topological polar surface area (TPSA) is 86.3 Å². The van der Waals surface area contributed by atoms with E-state index in [0.717, 1.165) is 65.9 Å². The molecule has 4 rings (SSSR count). The van der Waals surface area contributed by atoms with E-state index in [2.05, 4.69) is 56.5 Å². The lowest BCUT2D eigenvalue weighted by atomic mass is 9.92. The van der Waals surface area contributed by atoms with Gasteiger partial charge in [-0.2, -0.15) is 0 Å². The summed E-state index contributed by atoms with van der Waals surface area (Å²) in [5.74, 6) is -0.121. The van der Waals surface area contributed by atoms with Gasteiger partial charge in [-0.3, -0.25) is 14.6 Å². The molecule has 2 amide bonds. The first-order valence-corrected chi connectivity index (χ1v) is 14.1. The number of allylic oxidation sites excluding steroid dienone is 2. The van der Waals surface area contributed by atoms with Crippen LogP contribution in [0.5, 0.6) is 0 Å². The minimum atomic E-state index is -0.104. The lowest BCUT2D eigenvalue weighted by Gasteiger charge is -2.14. The molecule has 4 heterocycles. The van der Waals surface area contributed by atoms with Gasteiger partial charge >= 0.3 is 0 Å². The highest BCUT2D eigenvalue weighted by Crippen LogP contribution is 2.34. The van der Waals surface area contributed by atoms with E-state index in [0.29, 0.717) is 12.0 Å². The molecular weight excluding hydrogens is 484 g/mol. The highest BCUT2D eigenvalue weighted by molar-refractivity contribution is 6.05. The first-order valence-electron chi connectivity index (χ1n) is 14.1. The van der Waals surface area contributed by atoms with Gasteiger partial charge in [-0.05, 0) is 80.0 Å². The van der Waals surface area contributed by atoms with Gasteiger partial charge in [-0.15, -0.1) is 0 Å². The normalized spacial score (nSPS) is 22.3. The molecule has 0 fully saturated rings. The smallest absolute Gasteiger partial charge is 0.255 e. The number of aromatic nitrogens is 1. The number of hydrogen-bond donors (Lipinski definition) is 3. The molecule has 1 aromatic rings. The second kappa shape index (κ2) is 11.6. The van der Waals surface area contributed by atoms with E-state index in [1.165, 1.54) is 28.0 Å². The summed E-state index contributed by atoms with van der Waals surface area (Å²) in [6, 6.07) is -0.00559. The van der Waals surface area contributed by atoms with E-state index in [9.17, 15) is 9.59 Å². The summed E-state index contributed by atoms with van der Waals surface area (Å²) < 4.78 is 0. The molecule has 206 valence electrons. The third-order valence-electron chi connectivity index (χ3n) is 8.42. The Bertz CT molecular complexity index is 1390. The van der Waals surface area contributed by atoms with Gasteiger partial charge in [0.25, 0.3) is 5.91 Å². The molecule has 3 aliphatic heterocycles. The van der Waals surface area contributed by atoms with Crippen LogP contribution in [-0.2, 0) is 22.4 Å². The number of nitrogens with zero attached hydrogens (tertiary/aromatic N) is 1. The Hall–Kier alpha value is -3.67. The third kappa shape index (κ3) is 5.29. The van der Waals surface area contributed by atoms with Gasteiger partial charge in [-0.1, -0.05) is 52.0 Å². The molecule has 0 radical (unpaired) electrons. The van der Waals surface area contributed by atoms with Crippen molar-refractivity contribution in [1.29, 1.82) is 0 Å². The van der Waals surface area contributed by atoms with Crippen molar-refractivity contribution >= 4 is 23.6 Å². The second-order valence-electron chi connectivity index (χ2n) is 10.8. The van der Waals surface area contributed by atoms with Crippen LogP contribution in [0.2, 0.25) is 0 Å². The van der Waals surface area contributed by atoms with Gasteiger partial charge in [0, 0.05) is 46.8 Å². The Morgan fingerprint density at radius 3 is 2.23 bits per heavy atom. The number of nitrogens with one attached hydrogen (secondary N) is 3. The zero-order valence-electron chi connectivity index (χ0n) is 24.3. The SMILES string of the molecule is C=CC1=C(C)/C(=C/c2[nH]c(CC3N=C(CC4NC(=O)C(C)=C4C=C)C(C)=C3CCC)c(CCC)c2C)NC1=O. The molecule has 1 aromatic heterocycles. The Kier molecular flexibility index (Phi) is 8.43. The van der Waals surface area contributed by atoms with Crippen LogP contribution < -0.4 is 10.6 Å². The fourth-order valence-electron chi connectivity index (χ4n) is 6.14. The minimum Gasteiger partial charge on any atom is -0.358 e. The average Bonchev–Trinajstić information content (AvgIpc) is 3.54. The van der Waals surface area contributed by atoms with Crippen LogP contribution in [0.3, 0.4) is 0 Å². The summed E-state index contributed by atoms with van der Waals surface area (Å²) in [7, 11) is 0. The van der Waals surface area contributed by atoms with E-state index >= 15 is 0 Å². The van der Waals surface area contributed by atoms with E-state index < -0.39 is 0 Å². The first kappa shape index (κ1) is 28.3. The third-order valence-corrected chi connectivity index (χ3v) is 8.42. The summed E-state index contributed by atoms with van der Waals surface area (Å²) in [4.78, 5) is 33.6. The molecular formula is C33H42N4O2. The standard InChI is InChI=1S/C33H42N4O2/c1-9-13-24-19(6)26(15-28-18(5)23(12-4)33(39)36-28)34-30(24)17-31-25(14-10-2)20(7)27(35-31)16-29-22(11-3)21(8)32(38)37-29/h11-12,15,29,31,34H,3-4,9-10,13-14,16-17H2,1-2,5-8H3,(H,36,39)(H,37,38)/b28-15-. The van der Waals surface area contributed by atoms with Crippen molar-refractivity contribution in [2.75, 3.05) is 0 Å². The van der Waals surface area contributed by atoms with Crippen molar-refractivity contribution in [2.45, 2.75) is 92.2 Å². The number of aromatic amines is 1. The summed E-state index contributed by atoms with van der Waals surface area (Å²) in [5, 5.41) is 6.09. The Morgan fingerprint density at radius 2 is 1.62 bits per heavy atom. The van der Waals surface area contributed by atoms with Crippen LogP contribution in [0.4, 0.5) is 0 Å². The van der Waals surface area contributed by atoms with Crippen molar-refractivity contribution in [3.63, 3.8) is 0 Å². The zero-order valence-corrected chi connectivity index (χ0v) is 24.3. The molecule has 0 aromatic carbocycles. The summed E-state index contributed by atoms with van der Waals surface area (Å²) >= 11 is 0. The van der Waals surface area contributed by atoms with Crippen LogP contribution >= 0.6 is 0 Å². The van der Waals surface area contributed by atoms with Crippen LogP contribution in [-0.4, -0.2) is 34.6 Å². The van der Waals surface area contributed by atoms with Crippen molar-refractivity contribution in [2.24, 2.45) is 4.99 Å². The molecule has 0 bridgehead atoms. The number of carbonyl (C=O) groups excluding carboxylic acids is 2. The van der Waals surface area contributed by atoms with E-state index in [4.69, 9.17) is 4.99 Å². The monoisotopic (exact) mass is 526 g/mol. The Morgan fingerprint density at radius 1 is 0.897 bits per heavy atom. The number of H-pyrrole nitrogens is 1. The fourth-order valence-corrected chi connectivity index (χ4v) is 6.14. The fraction of sp³-hybridized carbons (Fsp3) is 0.424. The second-order valence-corrected chi connectivity index (χ2v) is 10.8.